The molecule has 0 bridgehead atoms. The third-order valence-electron chi connectivity index (χ3n) is 3.62. The minimum absolute atomic E-state index is 0.123. The highest BCUT2D eigenvalue weighted by atomic mass is 32.2. The highest BCUT2D eigenvalue weighted by Gasteiger charge is 2.30. The summed E-state index contributed by atoms with van der Waals surface area (Å²) in [5.74, 6) is 0.608. The van der Waals surface area contributed by atoms with Crippen LogP contribution in [-0.4, -0.2) is 50.4 Å². The number of carbonyl (C=O) groups excluding carboxylic acids is 1. The molecule has 1 N–H and O–H groups in total. The maximum absolute atomic E-state index is 12.3. The Morgan fingerprint density at radius 2 is 2.04 bits per heavy atom. The lowest BCUT2D eigenvalue weighted by Crippen LogP contribution is -2.52. The molecular weight excluding hydrogens is 332 g/mol. The number of nitrogens with zero attached hydrogens (tertiary/aromatic N) is 1. The Balaban J connectivity index is 2.04. The Bertz CT molecular complexity index is 641. The molecule has 0 radical (unpaired) electrons. The van der Waals surface area contributed by atoms with Crippen LogP contribution in [0.5, 0.6) is 0 Å². The molecule has 1 aromatic rings. The fraction of sp³-hybridized carbons (Fsp3) is 0.438. The van der Waals surface area contributed by atoms with E-state index in [1.165, 1.54) is 6.08 Å². The molecule has 0 aromatic heterocycles. The van der Waals surface area contributed by atoms with Gasteiger partial charge in [0.05, 0.1) is 0 Å². The van der Waals surface area contributed by atoms with E-state index in [9.17, 15) is 13.2 Å². The van der Waals surface area contributed by atoms with E-state index in [0.29, 0.717) is 6.42 Å². The Kier molecular flexibility index (Phi) is 6.68. The highest BCUT2D eigenvalue weighted by molar-refractivity contribution is 7.98. The molecule has 1 saturated heterocycles. The molecule has 7 heteroatoms. The molecule has 1 heterocycles. The molecule has 1 unspecified atom stereocenters. The molecule has 1 aliphatic heterocycles. The van der Waals surface area contributed by atoms with Gasteiger partial charge in [-0.1, -0.05) is 30.3 Å². The fourth-order valence-corrected chi connectivity index (χ4v) is 3.70. The molecule has 1 aromatic carbocycles. The number of thioether (sulfide) groups is 1. The second-order valence-electron chi connectivity index (χ2n) is 5.39. The van der Waals surface area contributed by atoms with Crippen molar-refractivity contribution in [1.29, 1.82) is 0 Å². The summed E-state index contributed by atoms with van der Waals surface area (Å²) in [5.41, 5.74) is 0.799. The maximum atomic E-state index is 12.3. The van der Waals surface area contributed by atoms with Crippen molar-refractivity contribution in [3.05, 3.63) is 41.3 Å². The predicted octanol–water partition coefficient (Wildman–Crippen LogP) is 1.93. The van der Waals surface area contributed by atoms with Gasteiger partial charge in [0.2, 0.25) is 15.9 Å². The van der Waals surface area contributed by atoms with Crippen LogP contribution < -0.4 is 4.72 Å². The van der Waals surface area contributed by atoms with Crippen LogP contribution in [0.25, 0.3) is 6.08 Å². The van der Waals surface area contributed by atoms with Crippen LogP contribution in [0.1, 0.15) is 18.4 Å². The first-order valence-corrected chi connectivity index (χ1v) is 10.5. The summed E-state index contributed by atoms with van der Waals surface area (Å²) in [6.07, 6.45) is 4.95. The zero-order chi connectivity index (χ0) is 16.7. The van der Waals surface area contributed by atoms with Crippen LogP contribution in [0.15, 0.2) is 35.7 Å². The Morgan fingerprint density at radius 3 is 2.61 bits per heavy atom. The number of benzene rings is 1. The van der Waals surface area contributed by atoms with Gasteiger partial charge in [0.15, 0.2) is 0 Å². The number of carbonyl (C=O) groups is 1. The van der Waals surface area contributed by atoms with E-state index in [2.05, 4.69) is 4.72 Å². The third-order valence-corrected chi connectivity index (χ3v) is 5.37. The van der Waals surface area contributed by atoms with Crippen LogP contribution >= 0.6 is 11.8 Å². The number of amides is 1. The Labute approximate surface area is 142 Å². The van der Waals surface area contributed by atoms with E-state index >= 15 is 0 Å². The van der Waals surface area contributed by atoms with E-state index in [0.717, 1.165) is 36.2 Å². The average Bonchev–Trinajstić information content (AvgIpc) is 2.49. The number of nitrogens with one attached hydrogen (secondary N) is 1. The van der Waals surface area contributed by atoms with Gasteiger partial charge in [0.1, 0.15) is 6.04 Å². The van der Waals surface area contributed by atoms with Gasteiger partial charge in [0, 0.05) is 18.5 Å². The topological polar surface area (TPSA) is 66.5 Å². The fourth-order valence-electron chi connectivity index (χ4n) is 2.20. The molecule has 1 amide bonds. The first-order chi connectivity index (χ1) is 11.0. The largest absolute Gasteiger partial charge is 0.341 e. The molecule has 2 rings (SSSR count). The second kappa shape index (κ2) is 8.52. The van der Waals surface area contributed by atoms with Crippen molar-refractivity contribution >= 4 is 33.8 Å². The van der Waals surface area contributed by atoms with E-state index in [1.54, 1.807) is 16.7 Å². The summed E-state index contributed by atoms with van der Waals surface area (Å²) in [7, 11) is -3.66. The summed E-state index contributed by atoms with van der Waals surface area (Å²) in [6, 6.07) is 8.51. The SMILES string of the molecule is CSCCC(NS(=O)(=O)/C=C/c1ccccc1)C(=O)N1CCC1. The standard InChI is InChI=1S/C16H22N2O3S2/c1-22-12-8-15(16(19)18-10-5-11-18)17-23(20,21)13-9-14-6-3-2-4-7-14/h2-4,6-7,9,13,15,17H,5,8,10-12H2,1H3/b13-9+. The lowest BCUT2D eigenvalue weighted by molar-refractivity contribution is -0.136. The van der Waals surface area contributed by atoms with Crippen LogP contribution in [0.2, 0.25) is 0 Å². The zero-order valence-electron chi connectivity index (χ0n) is 13.1. The lowest BCUT2D eigenvalue weighted by Gasteiger charge is -2.34. The molecule has 1 fully saturated rings. The smallest absolute Gasteiger partial charge is 0.240 e. The zero-order valence-corrected chi connectivity index (χ0v) is 14.8. The molecule has 0 aliphatic carbocycles. The van der Waals surface area contributed by atoms with Crippen LogP contribution in [0.4, 0.5) is 0 Å². The molecule has 1 atom stereocenters. The summed E-state index contributed by atoms with van der Waals surface area (Å²) in [5, 5.41) is 1.12. The van der Waals surface area contributed by atoms with Gasteiger partial charge in [-0.25, -0.2) is 8.42 Å². The van der Waals surface area contributed by atoms with Crippen molar-refractivity contribution < 1.29 is 13.2 Å². The number of hydrogen-bond donors (Lipinski definition) is 1. The predicted molar refractivity (Wildman–Crippen MR) is 95.5 cm³/mol. The summed E-state index contributed by atoms with van der Waals surface area (Å²) in [4.78, 5) is 14.1. The van der Waals surface area contributed by atoms with Crippen LogP contribution in [-0.2, 0) is 14.8 Å². The van der Waals surface area contributed by atoms with Gasteiger partial charge in [0.25, 0.3) is 0 Å². The second-order valence-corrected chi connectivity index (χ2v) is 7.97. The molecule has 5 nitrogen and oxygen atoms in total. The van der Waals surface area contributed by atoms with Crippen molar-refractivity contribution in [3.8, 4) is 0 Å². The van der Waals surface area contributed by atoms with Crippen LogP contribution in [0, 0.1) is 0 Å². The van der Waals surface area contributed by atoms with Crippen molar-refractivity contribution in [2.75, 3.05) is 25.1 Å². The Hall–Kier alpha value is -1.31. The van der Waals surface area contributed by atoms with E-state index in [4.69, 9.17) is 0 Å². The van der Waals surface area contributed by atoms with Gasteiger partial charge >= 0.3 is 0 Å². The van der Waals surface area contributed by atoms with Gasteiger partial charge < -0.3 is 4.90 Å². The molecule has 126 valence electrons. The van der Waals surface area contributed by atoms with Crippen molar-refractivity contribution in [2.45, 2.75) is 18.9 Å². The molecule has 23 heavy (non-hydrogen) atoms. The quantitative estimate of drug-likeness (QED) is 0.775. The monoisotopic (exact) mass is 354 g/mol. The number of sulfonamides is 1. The van der Waals surface area contributed by atoms with E-state index < -0.39 is 16.1 Å². The van der Waals surface area contributed by atoms with Crippen molar-refractivity contribution in [2.24, 2.45) is 0 Å². The summed E-state index contributed by atoms with van der Waals surface area (Å²) in [6.45, 7) is 1.44. The van der Waals surface area contributed by atoms with Gasteiger partial charge in [-0.05, 0) is 36.5 Å². The highest BCUT2D eigenvalue weighted by Crippen LogP contribution is 2.13. The maximum Gasteiger partial charge on any atom is 0.240 e. The number of rotatable bonds is 8. The first kappa shape index (κ1) is 18.0. The van der Waals surface area contributed by atoms with Gasteiger partial charge in [-0.3, -0.25) is 4.79 Å². The molecular formula is C16H22N2O3S2. The van der Waals surface area contributed by atoms with Gasteiger partial charge in [-0.15, -0.1) is 0 Å². The van der Waals surface area contributed by atoms with Gasteiger partial charge in [-0.2, -0.15) is 16.5 Å². The molecule has 0 spiro atoms. The van der Waals surface area contributed by atoms with Crippen molar-refractivity contribution in [3.63, 3.8) is 0 Å². The molecule has 1 aliphatic rings. The average molecular weight is 354 g/mol. The first-order valence-electron chi connectivity index (χ1n) is 7.55. The lowest BCUT2D eigenvalue weighted by atomic mass is 10.1. The number of likely N-dealkylation sites (tertiary alicyclic amines) is 1. The summed E-state index contributed by atoms with van der Waals surface area (Å²) < 4.78 is 27.0. The minimum Gasteiger partial charge on any atom is -0.341 e. The third kappa shape index (κ3) is 5.67. The summed E-state index contributed by atoms with van der Waals surface area (Å²) >= 11 is 1.60. The van der Waals surface area contributed by atoms with E-state index in [1.807, 2.05) is 36.6 Å². The van der Waals surface area contributed by atoms with Crippen LogP contribution in [0.3, 0.4) is 0 Å². The molecule has 0 saturated carbocycles. The van der Waals surface area contributed by atoms with Crippen molar-refractivity contribution in [1.82, 2.24) is 9.62 Å². The number of hydrogen-bond acceptors (Lipinski definition) is 4. The Morgan fingerprint density at radius 1 is 1.35 bits per heavy atom. The normalized spacial score (nSPS) is 16.3. The minimum atomic E-state index is -3.66. The van der Waals surface area contributed by atoms with E-state index in [-0.39, 0.29) is 5.91 Å².